The zero-order chi connectivity index (χ0) is 24.9. The number of nitrogens with one attached hydrogen (secondary N) is 1. The first-order valence-corrected chi connectivity index (χ1v) is 11.3. The van der Waals surface area contributed by atoms with Gasteiger partial charge in [-0.2, -0.15) is 5.10 Å². The molecule has 1 aromatic carbocycles. The first-order valence-electron chi connectivity index (χ1n) is 10.9. The second kappa shape index (κ2) is 10.8. The van der Waals surface area contributed by atoms with Gasteiger partial charge in [0.25, 0.3) is 5.56 Å². The van der Waals surface area contributed by atoms with Crippen molar-refractivity contribution >= 4 is 23.2 Å². The third-order valence-corrected chi connectivity index (χ3v) is 5.93. The van der Waals surface area contributed by atoms with Crippen LogP contribution in [0.15, 0.2) is 59.8 Å². The summed E-state index contributed by atoms with van der Waals surface area (Å²) in [4.78, 5) is 21.8. The molecule has 0 spiro atoms. The van der Waals surface area contributed by atoms with Gasteiger partial charge in [-0.1, -0.05) is 17.7 Å². The van der Waals surface area contributed by atoms with Crippen molar-refractivity contribution in [2.24, 2.45) is 0 Å². The molecule has 0 aliphatic rings. The van der Waals surface area contributed by atoms with Gasteiger partial charge >= 0.3 is 0 Å². The maximum atomic E-state index is 14.0. The molecule has 0 aliphatic heterocycles. The van der Waals surface area contributed by atoms with Crippen LogP contribution in [0.25, 0.3) is 11.3 Å². The molecule has 35 heavy (non-hydrogen) atoms. The van der Waals surface area contributed by atoms with E-state index >= 15 is 0 Å². The Bertz CT molecular complexity index is 1390. The predicted molar refractivity (Wildman–Crippen MR) is 130 cm³/mol. The lowest BCUT2D eigenvalue weighted by Crippen LogP contribution is -2.25. The number of hydrogen-bond acceptors (Lipinski definition) is 7. The van der Waals surface area contributed by atoms with Crippen LogP contribution in [0.1, 0.15) is 23.7 Å². The molecule has 182 valence electrons. The van der Waals surface area contributed by atoms with Crippen LogP contribution in [0.4, 0.5) is 16.0 Å². The van der Waals surface area contributed by atoms with Gasteiger partial charge in [-0.05, 0) is 43.2 Å². The van der Waals surface area contributed by atoms with Crippen LogP contribution in [0.5, 0.6) is 0 Å². The molecule has 11 heteroatoms. The molecule has 0 aliphatic carbocycles. The van der Waals surface area contributed by atoms with Crippen molar-refractivity contribution in [3.8, 4) is 11.3 Å². The fourth-order valence-corrected chi connectivity index (χ4v) is 3.92. The van der Waals surface area contributed by atoms with Gasteiger partial charge in [-0.3, -0.25) is 9.48 Å². The molecule has 1 atom stereocenters. The lowest BCUT2D eigenvalue weighted by atomic mass is 10.0. The normalized spacial score (nSPS) is 12.0. The standard InChI is InChI=1S/C24H24ClFN6O3/c1-15-21(14-28-32(15)9-11-34)30-24-27-7-4-20(29-24)16-5-8-31(23(35)13-16)22(6-10-33)17-2-3-18(25)19(26)12-17/h2-5,7-8,12-14,22,33-34H,6,9-11H2,1H3,(H,27,29,30)/t22-/m1/s1. The van der Waals surface area contributed by atoms with E-state index in [4.69, 9.17) is 16.7 Å². The SMILES string of the molecule is Cc1c(Nc2nccc(-c3ccn([C@H](CCO)c4ccc(Cl)c(F)c4)c(=O)c3)n2)cnn1CCO. The Morgan fingerprint density at radius 1 is 1.17 bits per heavy atom. The summed E-state index contributed by atoms with van der Waals surface area (Å²) in [6.45, 7) is 2.04. The number of pyridine rings is 1. The van der Waals surface area contributed by atoms with Crippen molar-refractivity contribution in [2.75, 3.05) is 18.5 Å². The van der Waals surface area contributed by atoms with Gasteiger partial charge in [-0.15, -0.1) is 0 Å². The molecule has 0 saturated carbocycles. The van der Waals surface area contributed by atoms with Crippen molar-refractivity contribution in [3.05, 3.63) is 87.4 Å². The summed E-state index contributed by atoms with van der Waals surface area (Å²) in [5.41, 5.74) is 2.84. The molecule has 3 heterocycles. The molecule has 0 saturated heterocycles. The third-order valence-electron chi connectivity index (χ3n) is 5.63. The molecule has 9 nitrogen and oxygen atoms in total. The lowest BCUT2D eigenvalue weighted by molar-refractivity contribution is 0.266. The van der Waals surface area contributed by atoms with Gasteiger partial charge in [0.15, 0.2) is 0 Å². The van der Waals surface area contributed by atoms with E-state index in [2.05, 4.69) is 20.4 Å². The molecule has 0 radical (unpaired) electrons. The summed E-state index contributed by atoms with van der Waals surface area (Å²) in [6, 6.07) is 8.64. The van der Waals surface area contributed by atoms with Gasteiger partial charge in [0.1, 0.15) is 5.82 Å². The van der Waals surface area contributed by atoms with E-state index in [0.29, 0.717) is 35.0 Å². The average molecular weight is 499 g/mol. The number of rotatable bonds is 9. The number of aliphatic hydroxyl groups excluding tert-OH is 2. The fourth-order valence-electron chi connectivity index (χ4n) is 3.80. The Balaban J connectivity index is 1.61. The molecule has 4 aromatic rings. The monoisotopic (exact) mass is 498 g/mol. The van der Waals surface area contributed by atoms with Gasteiger partial charge in [0, 0.05) is 30.6 Å². The molecule has 0 amide bonds. The van der Waals surface area contributed by atoms with Crippen molar-refractivity contribution in [3.63, 3.8) is 0 Å². The first-order chi connectivity index (χ1) is 16.9. The van der Waals surface area contributed by atoms with Gasteiger partial charge in [0.05, 0.1) is 47.5 Å². The highest BCUT2D eigenvalue weighted by atomic mass is 35.5. The minimum absolute atomic E-state index is 0.0108. The van der Waals surface area contributed by atoms with E-state index in [0.717, 1.165) is 5.69 Å². The second-order valence-electron chi connectivity index (χ2n) is 7.84. The Morgan fingerprint density at radius 2 is 2.00 bits per heavy atom. The summed E-state index contributed by atoms with van der Waals surface area (Å²) in [7, 11) is 0. The van der Waals surface area contributed by atoms with Gasteiger partial charge in [-0.25, -0.2) is 14.4 Å². The average Bonchev–Trinajstić information content (AvgIpc) is 3.19. The van der Waals surface area contributed by atoms with Crippen molar-refractivity contribution < 1.29 is 14.6 Å². The number of aliphatic hydroxyl groups is 2. The molecule has 4 rings (SSSR count). The third kappa shape index (κ3) is 5.40. The quantitative estimate of drug-likeness (QED) is 0.324. The van der Waals surface area contributed by atoms with E-state index in [-0.39, 0.29) is 30.2 Å². The lowest BCUT2D eigenvalue weighted by Gasteiger charge is -2.20. The van der Waals surface area contributed by atoms with E-state index < -0.39 is 11.9 Å². The van der Waals surface area contributed by atoms with Crippen LogP contribution >= 0.6 is 11.6 Å². The maximum Gasteiger partial charge on any atom is 0.251 e. The number of anilines is 2. The van der Waals surface area contributed by atoms with Crippen molar-refractivity contribution in [1.29, 1.82) is 0 Å². The Hall–Kier alpha value is -3.60. The Morgan fingerprint density at radius 3 is 2.71 bits per heavy atom. The van der Waals surface area contributed by atoms with E-state index in [9.17, 15) is 14.3 Å². The highest BCUT2D eigenvalue weighted by Gasteiger charge is 2.17. The zero-order valence-electron chi connectivity index (χ0n) is 18.9. The van der Waals surface area contributed by atoms with Crippen molar-refractivity contribution in [1.82, 2.24) is 24.3 Å². The van der Waals surface area contributed by atoms with Crippen LogP contribution < -0.4 is 10.9 Å². The largest absolute Gasteiger partial charge is 0.396 e. The molecule has 3 N–H and O–H groups in total. The second-order valence-corrected chi connectivity index (χ2v) is 8.25. The number of benzene rings is 1. The Kier molecular flexibility index (Phi) is 7.54. The van der Waals surface area contributed by atoms with Crippen LogP contribution in [0.2, 0.25) is 5.02 Å². The van der Waals surface area contributed by atoms with Gasteiger partial charge < -0.3 is 20.1 Å². The fraction of sp³-hybridized carbons (Fsp3) is 0.250. The first kappa shape index (κ1) is 24.5. The summed E-state index contributed by atoms with van der Waals surface area (Å²) < 4.78 is 17.1. The number of aromatic nitrogens is 5. The van der Waals surface area contributed by atoms with E-state index in [1.165, 1.54) is 22.8 Å². The number of hydrogen-bond donors (Lipinski definition) is 3. The van der Waals surface area contributed by atoms with Crippen LogP contribution in [-0.4, -0.2) is 47.7 Å². The minimum Gasteiger partial charge on any atom is -0.396 e. The highest BCUT2D eigenvalue weighted by molar-refractivity contribution is 6.30. The Labute approximate surface area is 205 Å². The maximum absolute atomic E-state index is 14.0. The molecular weight excluding hydrogens is 475 g/mol. The molecular formula is C24H24ClFN6O3. The topological polar surface area (TPSA) is 118 Å². The summed E-state index contributed by atoms with van der Waals surface area (Å²) >= 11 is 5.79. The molecule has 3 aromatic heterocycles. The van der Waals surface area contributed by atoms with Crippen LogP contribution in [0, 0.1) is 12.7 Å². The van der Waals surface area contributed by atoms with Crippen LogP contribution in [0.3, 0.4) is 0 Å². The molecule has 0 bridgehead atoms. The van der Waals surface area contributed by atoms with E-state index in [1.807, 2.05) is 6.92 Å². The van der Waals surface area contributed by atoms with Crippen LogP contribution in [-0.2, 0) is 6.54 Å². The summed E-state index contributed by atoms with van der Waals surface area (Å²) in [5, 5.41) is 26.0. The number of halogens is 2. The smallest absolute Gasteiger partial charge is 0.251 e. The molecule has 0 fully saturated rings. The minimum atomic E-state index is -0.588. The van der Waals surface area contributed by atoms with Crippen molar-refractivity contribution in [2.45, 2.75) is 25.9 Å². The van der Waals surface area contributed by atoms with E-state index in [1.54, 1.807) is 41.5 Å². The number of nitrogens with zero attached hydrogens (tertiary/aromatic N) is 5. The van der Waals surface area contributed by atoms with Gasteiger partial charge in [0.2, 0.25) is 5.95 Å². The summed E-state index contributed by atoms with van der Waals surface area (Å²) in [5.74, 6) is -0.261. The summed E-state index contributed by atoms with van der Waals surface area (Å²) in [6.07, 6.45) is 5.03. The molecule has 0 unspecified atom stereocenters. The zero-order valence-corrected chi connectivity index (χ0v) is 19.7. The predicted octanol–water partition coefficient (Wildman–Crippen LogP) is 3.31. The highest BCUT2D eigenvalue weighted by Crippen LogP contribution is 2.26.